The molecule has 0 saturated heterocycles. The number of benzene rings is 1. The summed E-state index contributed by atoms with van der Waals surface area (Å²) in [6.07, 6.45) is -0.978. The fraction of sp³-hybridized carbons (Fsp3) is 0.143. The Kier molecular flexibility index (Phi) is 4.06. The van der Waals surface area contributed by atoms with Crippen molar-refractivity contribution in [2.45, 2.75) is 6.10 Å². The normalized spacial score (nSPS) is 11.6. The van der Waals surface area contributed by atoms with Crippen LogP contribution < -0.4 is 5.32 Å². The summed E-state index contributed by atoms with van der Waals surface area (Å²) in [5.41, 5.74) is 0.511. The molecule has 5 heteroatoms. The Hall–Kier alpha value is -2.45. The molecule has 19 heavy (non-hydrogen) atoms. The molecule has 2 N–H and O–H groups in total. The van der Waals surface area contributed by atoms with E-state index in [4.69, 9.17) is 5.26 Å². The van der Waals surface area contributed by atoms with Crippen molar-refractivity contribution in [2.75, 3.05) is 11.9 Å². The highest BCUT2D eigenvalue weighted by Crippen LogP contribution is 2.17. The zero-order valence-electron chi connectivity index (χ0n) is 10.0. The Morgan fingerprint density at radius 1 is 1.26 bits per heavy atom. The van der Waals surface area contributed by atoms with Crippen molar-refractivity contribution < 1.29 is 9.50 Å². The van der Waals surface area contributed by atoms with Gasteiger partial charge in [-0.3, -0.25) is 0 Å². The van der Waals surface area contributed by atoms with E-state index in [1.807, 2.05) is 6.07 Å². The Bertz CT molecular complexity index is 610. The number of anilines is 1. The second-order valence-electron chi connectivity index (χ2n) is 3.94. The van der Waals surface area contributed by atoms with E-state index >= 15 is 0 Å². The third-order valence-corrected chi connectivity index (χ3v) is 2.60. The van der Waals surface area contributed by atoms with Gasteiger partial charge in [-0.05, 0) is 18.2 Å². The highest BCUT2D eigenvalue weighted by Gasteiger charge is 2.11. The van der Waals surface area contributed by atoms with Crippen LogP contribution in [-0.2, 0) is 0 Å². The molecule has 0 saturated carbocycles. The van der Waals surface area contributed by atoms with Crippen LogP contribution in [-0.4, -0.2) is 16.6 Å². The summed E-state index contributed by atoms with van der Waals surface area (Å²) in [7, 11) is 0. The Labute approximate surface area is 110 Å². The van der Waals surface area contributed by atoms with E-state index in [2.05, 4.69) is 10.3 Å². The molecule has 0 aliphatic carbocycles. The maximum Gasteiger partial charge on any atom is 0.142 e. The van der Waals surface area contributed by atoms with Gasteiger partial charge < -0.3 is 10.4 Å². The zero-order valence-corrected chi connectivity index (χ0v) is 10.0. The van der Waals surface area contributed by atoms with Crippen LogP contribution in [0, 0.1) is 17.1 Å². The first-order valence-electron chi connectivity index (χ1n) is 5.74. The van der Waals surface area contributed by atoms with E-state index in [-0.39, 0.29) is 17.8 Å². The standard InChI is InChI=1S/C14H12FN3O/c15-12-6-2-1-5-11(12)13(19)9-17-14-7-3-4-10(8-16)18-14/h1-7,13,19H,9H2,(H,17,18). The van der Waals surface area contributed by atoms with Crippen molar-refractivity contribution >= 4 is 5.82 Å². The third-order valence-electron chi connectivity index (χ3n) is 2.60. The molecular weight excluding hydrogens is 245 g/mol. The average Bonchev–Trinajstić information content (AvgIpc) is 2.45. The van der Waals surface area contributed by atoms with Gasteiger partial charge in [0.05, 0.1) is 6.10 Å². The van der Waals surface area contributed by atoms with Crippen molar-refractivity contribution in [3.63, 3.8) is 0 Å². The van der Waals surface area contributed by atoms with Gasteiger partial charge in [0.2, 0.25) is 0 Å². The van der Waals surface area contributed by atoms with Crippen molar-refractivity contribution in [3.8, 4) is 6.07 Å². The number of rotatable bonds is 4. The molecule has 1 aromatic carbocycles. The lowest BCUT2D eigenvalue weighted by molar-refractivity contribution is 0.186. The van der Waals surface area contributed by atoms with E-state index in [9.17, 15) is 9.50 Å². The molecule has 0 spiro atoms. The second kappa shape index (κ2) is 5.94. The minimum Gasteiger partial charge on any atom is -0.386 e. The molecule has 0 bridgehead atoms. The first kappa shape index (κ1) is 13.0. The molecule has 0 aliphatic rings. The maximum atomic E-state index is 13.4. The molecule has 1 heterocycles. The number of aromatic nitrogens is 1. The maximum absolute atomic E-state index is 13.4. The first-order chi connectivity index (χ1) is 9.20. The Morgan fingerprint density at radius 2 is 2.05 bits per heavy atom. The number of hydrogen-bond donors (Lipinski definition) is 2. The van der Waals surface area contributed by atoms with Crippen molar-refractivity contribution in [1.82, 2.24) is 4.98 Å². The van der Waals surface area contributed by atoms with Crippen LogP contribution in [0.4, 0.5) is 10.2 Å². The predicted molar refractivity (Wildman–Crippen MR) is 68.8 cm³/mol. The summed E-state index contributed by atoms with van der Waals surface area (Å²) < 4.78 is 13.4. The highest BCUT2D eigenvalue weighted by atomic mass is 19.1. The van der Waals surface area contributed by atoms with Gasteiger partial charge in [-0.1, -0.05) is 24.3 Å². The van der Waals surface area contributed by atoms with E-state index in [1.165, 1.54) is 12.1 Å². The number of nitrogens with one attached hydrogen (secondary N) is 1. The van der Waals surface area contributed by atoms with Crippen LogP contribution in [0.1, 0.15) is 17.4 Å². The molecule has 0 aliphatic heterocycles. The molecule has 1 atom stereocenters. The third kappa shape index (κ3) is 3.27. The number of halogens is 1. The molecule has 1 unspecified atom stereocenters. The topological polar surface area (TPSA) is 68.9 Å². The number of hydrogen-bond acceptors (Lipinski definition) is 4. The lowest BCUT2D eigenvalue weighted by Gasteiger charge is -2.13. The fourth-order valence-electron chi connectivity index (χ4n) is 1.65. The van der Waals surface area contributed by atoms with Gasteiger partial charge in [-0.25, -0.2) is 9.37 Å². The van der Waals surface area contributed by atoms with Gasteiger partial charge in [-0.2, -0.15) is 5.26 Å². The van der Waals surface area contributed by atoms with Crippen LogP contribution in [0.25, 0.3) is 0 Å². The molecule has 1 aromatic heterocycles. The second-order valence-corrected chi connectivity index (χ2v) is 3.94. The predicted octanol–water partition coefficient (Wildman–Crippen LogP) is 2.24. The summed E-state index contributed by atoms with van der Waals surface area (Å²) >= 11 is 0. The van der Waals surface area contributed by atoms with Gasteiger partial charge in [-0.15, -0.1) is 0 Å². The number of aliphatic hydroxyl groups excluding tert-OH is 1. The molecular formula is C14H12FN3O. The van der Waals surface area contributed by atoms with Crippen LogP contribution in [0.15, 0.2) is 42.5 Å². The van der Waals surface area contributed by atoms with Crippen LogP contribution in [0.3, 0.4) is 0 Å². The highest BCUT2D eigenvalue weighted by molar-refractivity contribution is 5.38. The zero-order chi connectivity index (χ0) is 13.7. The molecule has 2 aromatic rings. The van der Waals surface area contributed by atoms with Crippen LogP contribution in [0.5, 0.6) is 0 Å². The van der Waals surface area contributed by atoms with Gasteiger partial charge >= 0.3 is 0 Å². The van der Waals surface area contributed by atoms with E-state index in [0.717, 1.165) is 0 Å². The van der Waals surface area contributed by atoms with E-state index in [0.29, 0.717) is 5.82 Å². The van der Waals surface area contributed by atoms with Crippen molar-refractivity contribution in [3.05, 3.63) is 59.5 Å². The summed E-state index contributed by atoms with van der Waals surface area (Å²) in [6, 6.07) is 12.9. The minimum absolute atomic E-state index is 0.114. The average molecular weight is 257 g/mol. The monoisotopic (exact) mass is 257 g/mol. The number of nitrogens with zero attached hydrogens (tertiary/aromatic N) is 2. The van der Waals surface area contributed by atoms with Gasteiger partial charge in [0.1, 0.15) is 23.4 Å². The SMILES string of the molecule is N#Cc1cccc(NCC(O)c2ccccc2F)n1. The van der Waals surface area contributed by atoms with Gasteiger partial charge in [0.25, 0.3) is 0 Å². The number of aliphatic hydroxyl groups is 1. The molecule has 0 fully saturated rings. The summed E-state index contributed by atoms with van der Waals surface area (Å²) in [5.74, 6) is 0.0185. The summed E-state index contributed by atoms with van der Waals surface area (Å²) in [5, 5.41) is 21.5. The van der Waals surface area contributed by atoms with E-state index in [1.54, 1.807) is 30.3 Å². The molecule has 4 nitrogen and oxygen atoms in total. The molecule has 96 valence electrons. The van der Waals surface area contributed by atoms with Crippen molar-refractivity contribution in [2.24, 2.45) is 0 Å². The smallest absolute Gasteiger partial charge is 0.142 e. The van der Waals surface area contributed by atoms with Crippen LogP contribution in [0.2, 0.25) is 0 Å². The lowest BCUT2D eigenvalue weighted by atomic mass is 10.1. The minimum atomic E-state index is -0.978. The van der Waals surface area contributed by atoms with Gasteiger partial charge in [0, 0.05) is 12.1 Å². The number of pyridine rings is 1. The van der Waals surface area contributed by atoms with Crippen LogP contribution >= 0.6 is 0 Å². The van der Waals surface area contributed by atoms with E-state index < -0.39 is 11.9 Å². The van der Waals surface area contributed by atoms with Gasteiger partial charge in [0.15, 0.2) is 0 Å². The fourth-order valence-corrected chi connectivity index (χ4v) is 1.65. The Morgan fingerprint density at radius 3 is 2.79 bits per heavy atom. The lowest BCUT2D eigenvalue weighted by Crippen LogP contribution is -2.14. The molecule has 2 rings (SSSR count). The molecule has 0 amide bonds. The summed E-state index contributed by atoms with van der Waals surface area (Å²) in [6.45, 7) is 0.114. The first-order valence-corrected chi connectivity index (χ1v) is 5.74. The number of nitriles is 1. The quantitative estimate of drug-likeness (QED) is 0.881. The Balaban J connectivity index is 2.03. The molecule has 0 radical (unpaired) electrons. The summed E-state index contributed by atoms with van der Waals surface area (Å²) in [4.78, 5) is 4.00. The van der Waals surface area contributed by atoms with Crippen molar-refractivity contribution in [1.29, 1.82) is 5.26 Å². The largest absolute Gasteiger partial charge is 0.386 e.